The van der Waals surface area contributed by atoms with Crippen molar-refractivity contribution in [1.29, 1.82) is 0 Å². The number of carbonyl (C=O) groups is 2. The number of nitrogens with two attached hydrogens (primary N) is 1. The number of hydrogen-bond donors (Lipinski definition) is 3. The molecule has 1 atom stereocenters. The molecule has 98 valence electrons. The van der Waals surface area contributed by atoms with E-state index in [2.05, 4.69) is 10.6 Å². The quantitative estimate of drug-likeness (QED) is 0.560. The van der Waals surface area contributed by atoms with Gasteiger partial charge in [-0.05, 0) is 38.6 Å². The molecular formula is C12H23N3O2. The summed E-state index contributed by atoms with van der Waals surface area (Å²) in [6.07, 6.45) is 4.73. The second-order valence-electron chi connectivity index (χ2n) is 4.65. The summed E-state index contributed by atoms with van der Waals surface area (Å²) in [5.74, 6) is -0.185. The van der Waals surface area contributed by atoms with E-state index in [0.29, 0.717) is 13.0 Å². The normalized spacial score (nSPS) is 23.6. The fraction of sp³-hybridized carbons (Fsp3) is 0.833. The van der Waals surface area contributed by atoms with Gasteiger partial charge in [0.05, 0.1) is 5.54 Å². The molecule has 0 aromatic heterocycles. The molecule has 0 radical (unpaired) electrons. The highest BCUT2D eigenvalue weighted by atomic mass is 16.2. The van der Waals surface area contributed by atoms with Crippen LogP contribution in [-0.2, 0) is 9.59 Å². The van der Waals surface area contributed by atoms with Crippen LogP contribution in [-0.4, -0.2) is 30.4 Å². The molecule has 0 spiro atoms. The maximum Gasteiger partial charge on any atom is 0.240 e. The van der Waals surface area contributed by atoms with Gasteiger partial charge in [0.25, 0.3) is 0 Å². The van der Waals surface area contributed by atoms with Crippen LogP contribution in [0.4, 0.5) is 0 Å². The van der Waals surface area contributed by atoms with E-state index < -0.39 is 0 Å². The highest BCUT2D eigenvalue weighted by Crippen LogP contribution is 2.22. The summed E-state index contributed by atoms with van der Waals surface area (Å²) in [7, 11) is 0. The molecule has 1 aliphatic rings. The Bertz CT molecular complexity index is 273. The van der Waals surface area contributed by atoms with E-state index in [-0.39, 0.29) is 17.4 Å². The van der Waals surface area contributed by atoms with Crippen molar-refractivity contribution < 1.29 is 9.59 Å². The van der Waals surface area contributed by atoms with Crippen molar-refractivity contribution in [1.82, 2.24) is 10.6 Å². The highest BCUT2D eigenvalue weighted by Gasteiger charge is 2.38. The zero-order chi connectivity index (χ0) is 12.7. The molecule has 0 aromatic carbocycles. The van der Waals surface area contributed by atoms with E-state index in [9.17, 15) is 9.59 Å². The van der Waals surface area contributed by atoms with Crippen LogP contribution < -0.4 is 16.4 Å². The van der Waals surface area contributed by atoms with Crippen LogP contribution in [0.25, 0.3) is 0 Å². The topological polar surface area (TPSA) is 84.2 Å². The molecule has 1 saturated heterocycles. The minimum atomic E-state index is -0.357. The summed E-state index contributed by atoms with van der Waals surface area (Å²) in [6.45, 7) is 3.57. The van der Waals surface area contributed by atoms with Crippen molar-refractivity contribution in [3.05, 3.63) is 0 Å². The van der Waals surface area contributed by atoms with Gasteiger partial charge in [-0.15, -0.1) is 0 Å². The lowest BCUT2D eigenvalue weighted by Crippen LogP contribution is -2.53. The van der Waals surface area contributed by atoms with E-state index in [1.807, 2.05) is 6.92 Å². The largest absolute Gasteiger partial charge is 0.370 e. The Kier molecular flexibility index (Phi) is 5.41. The third-order valence-electron chi connectivity index (χ3n) is 3.42. The molecule has 4 N–H and O–H groups in total. The van der Waals surface area contributed by atoms with Crippen LogP contribution in [0.2, 0.25) is 0 Å². The van der Waals surface area contributed by atoms with E-state index >= 15 is 0 Å². The van der Waals surface area contributed by atoms with Crippen molar-refractivity contribution in [2.45, 2.75) is 51.0 Å². The molecule has 0 aliphatic carbocycles. The summed E-state index contributed by atoms with van der Waals surface area (Å²) < 4.78 is 0. The van der Waals surface area contributed by atoms with Crippen molar-refractivity contribution in [3.63, 3.8) is 0 Å². The molecule has 2 amide bonds. The van der Waals surface area contributed by atoms with E-state index in [0.717, 1.165) is 38.6 Å². The standard InChI is InChI=1S/C12H23N3O2/c1-2-12(7-5-9-15-12)11(17)14-8-4-3-6-10(13)16/h15H,2-9H2,1H3,(H2,13,16)(H,14,17). The summed E-state index contributed by atoms with van der Waals surface area (Å²) >= 11 is 0. The third kappa shape index (κ3) is 4.00. The van der Waals surface area contributed by atoms with Gasteiger partial charge in [-0.1, -0.05) is 6.92 Å². The van der Waals surface area contributed by atoms with Crippen molar-refractivity contribution in [3.8, 4) is 0 Å². The lowest BCUT2D eigenvalue weighted by atomic mass is 9.93. The fourth-order valence-corrected chi connectivity index (χ4v) is 2.26. The van der Waals surface area contributed by atoms with E-state index in [1.165, 1.54) is 0 Å². The molecule has 5 heteroatoms. The van der Waals surface area contributed by atoms with Crippen LogP contribution in [0.1, 0.15) is 45.4 Å². The Hall–Kier alpha value is -1.10. The SMILES string of the molecule is CCC1(C(=O)NCCCCC(N)=O)CCCN1. The van der Waals surface area contributed by atoms with Gasteiger partial charge in [0, 0.05) is 13.0 Å². The maximum absolute atomic E-state index is 12.0. The van der Waals surface area contributed by atoms with Crippen LogP contribution in [0.5, 0.6) is 0 Å². The van der Waals surface area contributed by atoms with Crippen LogP contribution in [0.15, 0.2) is 0 Å². The second-order valence-corrected chi connectivity index (χ2v) is 4.65. The van der Waals surface area contributed by atoms with E-state index in [1.54, 1.807) is 0 Å². The first kappa shape index (κ1) is 14.0. The number of primary amides is 1. The summed E-state index contributed by atoms with van der Waals surface area (Å²) in [5, 5.41) is 6.23. The molecule has 1 fully saturated rings. The average molecular weight is 241 g/mol. The molecule has 0 bridgehead atoms. The van der Waals surface area contributed by atoms with Gasteiger partial charge >= 0.3 is 0 Å². The lowest BCUT2D eigenvalue weighted by molar-refractivity contribution is -0.127. The first-order chi connectivity index (χ1) is 8.10. The Morgan fingerprint density at radius 1 is 1.41 bits per heavy atom. The Labute approximate surface area is 103 Å². The molecule has 0 saturated carbocycles. The highest BCUT2D eigenvalue weighted by molar-refractivity contribution is 5.86. The smallest absolute Gasteiger partial charge is 0.240 e. The number of carbonyl (C=O) groups excluding carboxylic acids is 2. The minimum absolute atomic E-state index is 0.0941. The van der Waals surface area contributed by atoms with Gasteiger partial charge in [-0.3, -0.25) is 9.59 Å². The first-order valence-electron chi connectivity index (χ1n) is 6.42. The Morgan fingerprint density at radius 2 is 2.18 bits per heavy atom. The number of nitrogens with one attached hydrogen (secondary N) is 2. The number of hydrogen-bond acceptors (Lipinski definition) is 3. The molecule has 5 nitrogen and oxygen atoms in total. The van der Waals surface area contributed by atoms with Crippen molar-refractivity contribution in [2.75, 3.05) is 13.1 Å². The number of rotatable bonds is 7. The van der Waals surface area contributed by atoms with Gasteiger partial charge < -0.3 is 16.4 Å². The average Bonchev–Trinajstić information content (AvgIpc) is 2.77. The van der Waals surface area contributed by atoms with E-state index in [4.69, 9.17) is 5.73 Å². The predicted molar refractivity (Wildman–Crippen MR) is 66.3 cm³/mol. The molecule has 17 heavy (non-hydrogen) atoms. The van der Waals surface area contributed by atoms with Crippen molar-refractivity contribution >= 4 is 11.8 Å². The van der Waals surface area contributed by atoms with Crippen LogP contribution in [0, 0.1) is 0 Å². The number of unbranched alkanes of at least 4 members (excludes halogenated alkanes) is 1. The molecule has 1 heterocycles. The molecule has 1 unspecified atom stereocenters. The van der Waals surface area contributed by atoms with Crippen LogP contribution in [0.3, 0.4) is 0 Å². The van der Waals surface area contributed by atoms with Crippen molar-refractivity contribution in [2.24, 2.45) is 5.73 Å². The van der Waals surface area contributed by atoms with Gasteiger partial charge in [0.2, 0.25) is 11.8 Å². The monoisotopic (exact) mass is 241 g/mol. The van der Waals surface area contributed by atoms with Gasteiger partial charge in [0.1, 0.15) is 0 Å². The zero-order valence-corrected chi connectivity index (χ0v) is 10.6. The second kappa shape index (κ2) is 6.59. The zero-order valence-electron chi connectivity index (χ0n) is 10.6. The van der Waals surface area contributed by atoms with Crippen LogP contribution >= 0.6 is 0 Å². The Morgan fingerprint density at radius 3 is 2.71 bits per heavy atom. The summed E-state index contributed by atoms with van der Waals surface area (Å²) in [4.78, 5) is 22.6. The minimum Gasteiger partial charge on any atom is -0.370 e. The number of amides is 2. The first-order valence-corrected chi connectivity index (χ1v) is 6.42. The summed E-state index contributed by atoms with van der Waals surface area (Å²) in [6, 6.07) is 0. The lowest BCUT2D eigenvalue weighted by Gasteiger charge is -2.26. The van der Waals surface area contributed by atoms with Gasteiger partial charge in [-0.2, -0.15) is 0 Å². The molecular weight excluding hydrogens is 218 g/mol. The third-order valence-corrected chi connectivity index (χ3v) is 3.42. The predicted octanol–water partition coefficient (Wildman–Crippen LogP) is 0.290. The molecule has 1 rings (SSSR count). The molecule has 0 aromatic rings. The Balaban J connectivity index is 2.22. The summed E-state index contributed by atoms with van der Waals surface area (Å²) in [5.41, 5.74) is 4.68. The van der Waals surface area contributed by atoms with Gasteiger partial charge in [0.15, 0.2) is 0 Å². The maximum atomic E-state index is 12.0. The molecule has 1 aliphatic heterocycles. The fourth-order valence-electron chi connectivity index (χ4n) is 2.26. The van der Waals surface area contributed by atoms with Gasteiger partial charge in [-0.25, -0.2) is 0 Å².